The Kier molecular flexibility index (Phi) is 2.72. The van der Waals surface area contributed by atoms with Gasteiger partial charge in [-0.1, -0.05) is 15.9 Å². The molecule has 0 amide bonds. The van der Waals surface area contributed by atoms with Crippen molar-refractivity contribution in [3.05, 3.63) is 51.8 Å². The molecule has 2 heterocycles. The van der Waals surface area contributed by atoms with Crippen LogP contribution in [0, 0.1) is 5.82 Å². The maximum Gasteiger partial charge on any atom is 0.128 e. The standard InChI is InChI=1S/C12H11BrFN3/c13-7-1-2-9(14)8(5-7)11-12-10(3-4-15-11)16-6-17-12/h1-2,5-6,11,15H,3-4H2,(H,16,17). The summed E-state index contributed by atoms with van der Waals surface area (Å²) >= 11 is 3.37. The van der Waals surface area contributed by atoms with Crippen molar-refractivity contribution in [2.75, 3.05) is 6.54 Å². The maximum absolute atomic E-state index is 13.9. The minimum Gasteiger partial charge on any atom is -0.348 e. The lowest BCUT2D eigenvalue weighted by atomic mass is 9.98. The van der Waals surface area contributed by atoms with E-state index < -0.39 is 0 Å². The lowest BCUT2D eigenvalue weighted by Crippen LogP contribution is -2.31. The number of hydrogen-bond donors (Lipinski definition) is 2. The van der Waals surface area contributed by atoms with Crippen LogP contribution in [-0.4, -0.2) is 16.5 Å². The number of hydrogen-bond acceptors (Lipinski definition) is 2. The molecule has 0 saturated heterocycles. The maximum atomic E-state index is 13.9. The normalized spacial score (nSPS) is 19.1. The van der Waals surface area contributed by atoms with Gasteiger partial charge in [-0.2, -0.15) is 0 Å². The van der Waals surface area contributed by atoms with E-state index in [-0.39, 0.29) is 11.9 Å². The fourth-order valence-corrected chi connectivity index (χ4v) is 2.59. The molecule has 1 aromatic carbocycles. The summed E-state index contributed by atoms with van der Waals surface area (Å²) < 4.78 is 14.7. The van der Waals surface area contributed by atoms with Gasteiger partial charge >= 0.3 is 0 Å². The summed E-state index contributed by atoms with van der Waals surface area (Å²) in [6, 6.07) is 4.81. The monoisotopic (exact) mass is 295 g/mol. The first-order valence-electron chi connectivity index (χ1n) is 5.46. The lowest BCUT2D eigenvalue weighted by molar-refractivity contribution is 0.518. The van der Waals surface area contributed by atoms with Gasteiger partial charge in [-0.25, -0.2) is 9.37 Å². The van der Waals surface area contributed by atoms with Gasteiger partial charge in [-0.05, 0) is 18.2 Å². The van der Waals surface area contributed by atoms with Crippen LogP contribution in [0.15, 0.2) is 29.0 Å². The summed E-state index contributed by atoms with van der Waals surface area (Å²) in [5.74, 6) is -0.207. The number of aromatic amines is 1. The number of halogens is 2. The van der Waals surface area contributed by atoms with Crippen LogP contribution in [0.3, 0.4) is 0 Å². The molecular formula is C12H11BrFN3. The average molecular weight is 296 g/mol. The van der Waals surface area contributed by atoms with Gasteiger partial charge in [0.15, 0.2) is 0 Å². The number of H-pyrrole nitrogens is 1. The predicted octanol–water partition coefficient (Wildman–Crippen LogP) is 2.55. The number of imidazole rings is 1. The van der Waals surface area contributed by atoms with Crippen molar-refractivity contribution >= 4 is 15.9 Å². The molecule has 1 aliphatic heterocycles. The number of fused-ring (bicyclic) bond motifs is 1. The average Bonchev–Trinajstić information content (AvgIpc) is 2.80. The first kappa shape index (κ1) is 10.9. The first-order chi connectivity index (χ1) is 8.25. The zero-order chi connectivity index (χ0) is 11.8. The van der Waals surface area contributed by atoms with E-state index in [1.54, 1.807) is 18.5 Å². The van der Waals surface area contributed by atoms with Crippen molar-refractivity contribution < 1.29 is 4.39 Å². The second-order valence-electron chi connectivity index (χ2n) is 4.07. The van der Waals surface area contributed by atoms with Gasteiger partial charge in [0.05, 0.1) is 18.1 Å². The molecule has 0 saturated carbocycles. The highest BCUT2D eigenvalue weighted by atomic mass is 79.9. The Hall–Kier alpha value is -1.20. The van der Waals surface area contributed by atoms with Gasteiger partial charge in [0.1, 0.15) is 5.82 Å². The van der Waals surface area contributed by atoms with Gasteiger partial charge in [0.2, 0.25) is 0 Å². The van der Waals surface area contributed by atoms with Crippen LogP contribution >= 0.6 is 15.9 Å². The molecule has 0 bridgehead atoms. The Morgan fingerprint density at radius 1 is 1.41 bits per heavy atom. The highest BCUT2D eigenvalue weighted by Gasteiger charge is 2.25. The number of nitrogens with zero attached hydrogens (tertiary/aromatic N) is 1. The van der Waals surface area contributed by atoms with Gasteiger partial charge in [-0.15, -0.1) is 0 Å². The minimum atomic E-state index is -0.207. The van der Waals surface area contributed by atoms with Crippen LogP contribution in [0.5, 0.6) is 0 Å². The van der Waals surface area contributed by atoms with E-state index in [0.717, 1.165) is 28.8 Å². The van der Waals surface area contributed by atoms with Crippen molar-refractivity contribution in [1.82, 2.24) is 15.3 Å². The summed E-state index contributed by atoms with van der Waals surface area (Å²) in [4.78, 5) is 7.39. The van der Waals surface area contributed by atoms with Gasteiger partial charge in [-0.3, -0.25) is 0 Å². The molecule has 1 unspecified atom stereocenters. The van der Waals surface area contributed by atoms with Gasteiger partial charge < -0.3 is 10.3 Å². The quantitative estimate of drug-likeness (QED) is 0.849. The van der Waals surface area contributed by atoms with Crippen molar-refractivity contribution in [2.24, 2.45) is 0 Å². The van der Waals surface area contributed by atoms with Crippen LogP contribution in [0.1, 0.15) is 23.0 Å². The van der Waals surface area contributed by atoms with E-state index in [2.05, 4.69) is 31.2 Å². The molecule has 2 N–H and O–H groups in total. The molecule has 1 aromatic heterocycles. The van der Waals surface area contributed by atoms with E-state index in [1.807, 2.05) is 0 Å². The Bertz CT molecular complexity index is 552. The molecule has 3 rings (SSSR count). The summed E-state index contributed by atoms with van der Waals surface area (Å²) in [6.07, 6.45) is 2.57. The summed E-state index contributed by atoms with van der Waals surface area (Å²) in [6.45, 7) is 0.825. The second-order valence-corrected chi connectivity index (χ2v) is 4.98. The molecule has 2 aromatic rings. The highest BCUT2D eigenvalue weighted by molar-refractivity contribution is 9.10. The number of nitrogens with one attached hydrogen (secondary N) is 2. The van der Waals surface area contributed by atoms with E-state index in [0.29, 0.717) is 5.56 Å². The Labute approximate surface area is 107 Å². The zero-order valence-electron chi connectivity index (χ0n) is 9.00. The van der Waals surface area contributed by atoms with Crippen molar-refractivity contribution in [3.63, 3.8) is 0 Å². The Morgan fingerprint density at radius 2 is 2.29 bits per heavy atom. The number of benzene rings is 1. The summed E-state index contributed by atoms with van der Waals surface area (Å²) in [5.41, 5.74) is 2.62. The minimum absolute atomic E-state index is 0.164. The van der Waals surface area contributed by atoms with Crippen LogP contribution in [0.4, 0.5) is 4.39 Å². The summed E-state index contributed by atoms with van der Waals surface area (Å²) in [5, 5.41) is 3.30. The van der Waals surface area contributed by atoms with E-state index in [1.165, 1.54) is 6.07 Å². The second kappa shape index (κ2) is 4.23. The smallest absolute Gasteiger partial charge is 0.128 e. The SMILES string of the molecule is Fc1ccc(Br)cc1C1NCCc2[nH]cnc21. The zero-order valence-corrected chi connectivity index (χ0v) is 10.6. The van der Waals surface area contributed by atoms with E-state index in [4.69, 9.17) is 0 Å². The van der Waals surface area contributed by atoms with Crippen LogP contribution < -0.4 is 5.32 Å². The molecule has 1 aliphatic rings. The molecule has 0 spiro atoms. The van der Waals surface area contributed by atoms with Crippen molar-refractivity contribution in [1.29, 1.82) is 0 Å². The Morgan fingerprint density at radius 3 is 3.18 bits per heavy atom. The molecule has 0 fully saturated rings. The fourth-order valence-electron chi connectivity index (χ4n) is 2.21. The molecule has 0 radical (unpaired) electrons. The fraction of sp³-hybridized carbons (Fsp3) is 0.250. The topological polar surface area (TPSA) is 40.7 Å². The van der Waals surface area contributed by atoms with Crippen LogP contribution in [0.25, 0.3) is 0 Å². The molecular weight excluding hydrogens is 285 g/mol. The van der Waals surface area contributed by atoms with Crippen molar-refractivity contribution in [3.8, 4) is 0 Å². The third kappa shape index (κ3) is 1.89. The van der Waals surface area contributed by atoms with Crippen LogP contribution in [-0.2, 0) is 6.42 Å². The third-order valence-corrected chi connectivity index (χ3v) is 3.51. The van der Waals surface area contributed by atoms with Crippen LogP contribution in [0.2, 0.25) is 0 Å². The summed E-state index contributed by atoms with van der Waals surface area (Å²) in [7, 11) is 0. The predicted molar refractivity (Wildman–Crippen MR) is 66.2 cm³/mol. The molecule has 1 atom stereocenters. The van der Waals surface area contributed by atoms with Gasteiger partial charge in [0, 0.05) is 28.7 Å². The number of rotatable bonds is 1. The lowest BCUT2D eigenvalue weighted by Gasteiger charge is -2.23. The number of aromatic nitrogens is 2. The molecule has 88 valence electrons. The Balaban J connectivity index is 2.09. The van der Waals surface area contributed by atoms with Gasteiger partial charge in [0.25, 0.3) is 0 Å². The first-order valence-corrected chi connectivity index (χ1v) is 6.25. The van der Waals surface area contributed by atoms with E-state index >= 15 is 0 Å². The molecule has 5 heteroatoms. The molecule has 3 nitrogen and oxygen atoms in total. The highest BCUT2D eigenvalue weighted by Crippen LogP contribution is 2.29. The van der Waals surface area contributed by atoms with Crippen molar-refractivity contribution in [2.45, 2.75) is 12.5 Å². The van der Waals surface area contributed by atoms with E-state index in [9.17, 15) is 4.39 Å². The molecule has 17 heavy (non-hydrogen) atoms. The largest absolute Gasteiger partial charge is 0.348 e. The third-order valence-electron chi connectivity index (χ3n) is 3.02. The molecule has 0 aliphatic carbocycles.